The molecule has 0 aliphatic carbocycles. The van der Waals surface area contributed by atoms with E-state index in [-0.39, 0.29) is 23.6 Å². The van der Waals surface area contributed by atoms with Crippen LogP contribution in [0.2, 0.25) is 0 Å². The number of nitro groups is 1. The fourth-order valence-corrected chi connectivity index (χ4v) is 3.01. The zero-order valence-electron chi connectivity index (χ0n) is 15.3. The summed E-state index contributed by atoms with van der Waals surface area (Å²) in [6.45, 7) is 3.74. The second-order valence-corrected chi connectivity index (χ2v) is 6.52. The van der Waals surface area contributed by atoms with Crippen LogP contribution < -0.4 is 15.8 Å². The quantitative estimate of drug-likeness (QED) is 0.462. The summed E-state index contributed by atoms with van der Waals surface area (Å²) in [5.74, 6) is -1.39. The summed E-state index contributed by atoms with van der Waals surface area (Å²) in [6.07, 6.45) is -0.0906. The second kappa shape index (κ2) is 7.57. The number of rotatable bonds is 5. The van der Waals surface area contributed by atoms with Crippen LogP contribution in [-0.4, -0.2) is 28.7 Å². The number of hydrogen-bond donors (Lipinski definition) is 2. The lowest BCUT2D eigenvalue weighted by Crippen LogP contribution is -2.48. The predicted octanol–water partition coefficient (Wildman–Crippen LogP) is 1.78. The number of amides is 3. The van der Waals surface area contributed by atoms with Crippen LogP contribution in [0.5, 0.6) is 0 Å². The molecule has 1 saturated heterocycles. The number of aryl methyl sites for hydroxylation is 2. The first-order valence-corrected chi connectivity index (χ1v) is 8.52. The highest BCUT2D eigenvalue weighted by atomic mass is 16.6. The van der Waals surface area contributed by atoms with Gasteiger partial charge in [-0.15, -0.1) is 0 Å². The Labute approximate surface area is 160 Å². The van der Waals surface area contributed by atoms with Gasteiger partial charge in [-0.3, -0.25) is 29.9 Å². The van der Waals surface area contributed by atoms with Crippen LogP contribution in [-0.2, 0) is 9.59 Å². The van der Waals surface area contributed by atoms with E-state index in [2.05, 4.69) is 10.9 Å². The van der Waals surface area contributed by atoms with E-state index in [0.29, 0.717) is 5.69 Å². The number of imide groups is 1. The SMILES string of the molecule is Cc1ccc(N2C(=O)CC(NNC(=O)c3ccc([N+](=O)[O-])cc3)C2=O)c(C)c1. The zero-order valence-corrected chi connectivity index (χ0v) is 15.3. The fraction of sp³-hybridized carbons (Fsp3) is 0.211. The lowest BCUT2D eigenvalue weighted by Gasteiger charge is -2.18. The van der Waals surface area contributed by atoms with Gasteiger partial charge >= 0.3 is 0 Å². The van der Waals surface area contributed by atoms with E-state index in [1.807, 2.05) is 26.0 Å². The predicted molar refractivity (Wildman–Crippen MR) is 101 cm³/mol. The van der Waals surface area contributed by atoms with Crippen LogP contribution in [0, 0.1) is 24.0 Å². The van der Waals surface area contributed by atoms with Gasteiger partial charge in [-0.2, -0.15) is 0 Å². The van der Waals surface area contributed by atoms with E-state index in [9.17, 15) is 24.5 Å². The molecule has 1 aliphatic heterocycles. The van der Waals surface area contributed by atoms with E-state index >= 15 is 0 Å². The largest absolute Gasteiger partial charge is 0.287 e. The average molecular weight is 382 g/mol. The maximum absolute atomic E-state index is 12.6. The third kappa shape index (κ3) is 3.74. The van der Waals surface area contributed by atoms with Crippen molar-refractivity contribution in [1.82, 2.24) is 10.9 Å². The number of anilines is 1. The molecule has 9 nitrogen and oxygen atoms in total. The summed E-state index contributed by atoms with van der Waals surface area (Å²) in [6, 6.07) is 9.56. The van der Waals surface area contributed by atoms with E-state index in [1.165, 1.54) is 24.3 Å². The minimum Gasteiger partial charge on any atom is -0.287 e. The molecule has 2 N–H and O–H groups in total. The number of nitrogens with zero attached hydrogens (tertiary/aromatic N) is 2. The molecule has 1 unspecified atom stereocenters. The minimum atomic E-state index is -0.893. The van der Waals surface area contributed by atoms with Gasteiger partial charge < -0.3 is 0 Å². The summed E-state index contributed by atoms with van der Waals surface area (Å²) in [7, 11) is 0. The average Bonchev–Trinajstić information content (AvgIpc) is 2.93. The molecule has 9 heteroatoms. The highest BCUT2D eigenvalue weighted by Crippen LogP contribution is 2.26. The highest BCUT2D eigenvalue weighted by molar-refractivity contribution is 6.22. The molecule has 1 heterocycles. The number of benzene rings is 2. The van der Waals surface area contributed by atoms with E-state index in [1.54, 1.807) is 6.07 Å². The molecule has 2 aromatic rings. The Kier molecular flexibility index (Phi) is 5.18. The molecule has 3 amide bonds. The van der Waals surface area contributed by atoms with Gasteiger partial charge in [0.1, 0.15) is 6.04 Å². The van der Waals surface area contributed by atoms with Crippen molar-refractivity contribution < 1.29 is 19.3 Å². The fourth-order valence-electron chi connectivity index (χ4n) is 3.01. The molecular formula is C19H18N4O5. The number of nitro benzene ring substituents is 1. The lowest BCUT2D eigenvalue weighted by molar-refractivity contribution is -0.384. The molecule has 28 heavy (non-hydrogen) atoms. The third-order valence-electron chi connectivity index (χ3n) is 4.44. The Balaban J connectivity index is 1.67. The smallest absolute Gasteiger partial charge is 0.269 e. The van der Waals surface area contributed by atoms with E-state index < -0.39 is 22.8 Å². The van der Waals surface area contributed by atoms with Gasteiger partial charge in [0.05, 0.1) is 17.0 Å². The van der Waals surface area contributed by atoms with Crippen LogP contribution in [0.4, 0.5) is 11.4 Å². The Bertz CT molecular complexity index is 971. The third-order valence-corrected chi connectivity index (χ3v) is 4.44. The van der Waals surface area contributed by atoms with Crippen molar-refractivity contribution in [2.75, 3.05) is 4.90 Å². The summed E-state index contributed by atoms with van der Waals surface area (Å²) < 4.78 is 0. The molecular weight excluding hydrogens is 364 g/mol. The highest BCUT2D eigenvalue weighted by Gasteiger charge is 2.40. The van der Waals surface area contributed by atoms with Gasteiger partial charge in [-0.1, -0.05) is 17.7 Å². The maximum atomic E-state index is 12.6. The van der Waals surface area contributed by atoms with Crippen molar-refractivity contribution in [2.45, 2.75) is 26.3 Å². The van der Waals surface area contributed by atoms with Crippen molar-refractivity contribution >= 4 is 29.1 Å². The Morgan fingerprint density at radius 3 is 2.43 bits per heavy atom. The number of carbonyl (C=O) groups is 3. The summed E-state index contributed by atoms with van der Waals surface area (Å²) in [5.41, 5.74) is 7.35. The van der Waals surface area contributed by atoms with Crippen LogP contribution in [0.25, 0.3) is 0 Å². The molecule has 144 valence electrons. The van der Waals surface area contributed by atoms with Crippen LogP contribution in [0.1, 0.15) is 27.9 Å². The van der Waals surface area contributed by atoms with Gasteiger partial charge in [0, 0.05) is 17.7 Å². The molecule has 0 bridgehead atoms. The molecule has 0 aromatic heterocycles. The number of nitrogens with one attached hydrogen (secondary N) is 2. The van der Waals surface area contributed by atoms with Crippen molar-refractivity contribution in [1.29, 1.82) is 0 Å². The monoisotopic (exact) mass is 382 g/mol. The first kappa shape index (κ1) is 19.2. The van der Waals surface area contributed by atoms with Gasteiger partial charge in [0.15, 0.2) is 0 Å². The van der Waals surface area contributed by atoms with Gasteiger partial charge in [-0.05, 0) is 37.6 Å². The molecule has 0 saturated carbocycles. The van der Waals surface area contributed by atoms with Crippen molar-refractivity contribution in [2.24, 2.45) is 0 Å². The van der Waals surface area contributed by atoms with Crippen molar-refractivity contribution in [3.63, 3.8) is 0 Å². The molecule has 3 rings (SSSR count). The number of hydrogen-bond acceptors (Lipinski definition) is 6. The van der Waals surface area contributed by atoms with Crippen molar-refractivity contribution in [3.05, 3.63) is 69.3 Å². The van der Waals surface area contributed by atoms with Gasteiger partial charge in [-0.25, -0.2) is 10.3 Å². The van der Waals surface area contributed by atoms with Gasteiger partial charge in [0.25, 0.3) is 17.5 Å². The lowest BCUT2D eigenvalue weighted by atomic mass is 10.1. The molecule has 1 fully saturated rings. The van der Waals surface area contributed by atoms with Crippen LogP contribution in [0.3, 0.4) is 0 Å². The van der Waals surface area contributed by atoms with Gasteiger partial charge in [0.2, 0.25) is 5.91 Å². The molecule has 1 atom stereocenters. The first-order valence-electron chi connectivity index (χ1n) is 8.52. The minimum absolute atomic E-state index is 0.0906. The molecule has 0 radical (unpaired) electrons. The van der Waals surface area contributed by atoms with Crippen LogP contribution in [0.15, 0.2) is 42.5 Å². The van der Waals surface area contributed by atoms with Crippen molar-refractivity contribution in [3.8, 4) is 0 Å². The Hall–Kier alpha value is -3.59. The Morgan fingerprint density at radius 2 is 1.82 bits per heavy atom. The molecule has 0 spiro atoms. The molecule has 2 aromatic carbocycles. The normalized spacial score (nSPS) is 16.4. The topological polar surface area (TPSA) is 122 Å². The Morgan fingerprint density at radius 1 is 1.14 bits per heavy atom. The summed E-state index contributed by atoms with van der Waals surface area (Å²) in [4.78, 5) is 48.3. The number of non-ortho nitro benzene ring substituents is 1. The molecule has 1 aliphatic rings. The maximum Gasteiger partial charge on any atom is 0.269 e. The second-order valence-electron chi connectivity index (χ2n) is 6.52. The first-order chi connectivity index (χ1) is 13.3. The zero-order chi connectivity index (χ0) is 20.4. The number of hydrazine groups is 1. The number of carbonyl (C=O) groups excluding carboxylic acids is 3. The van der Waals surface area contributed by atoms with E-state index in [4.69, 9.17) is 0 Å². The summed E-state index contributed by atoms with van der Waals surface area (Å²) >= 11 is 0. The van der Waals surface area contributed by atoms with Crippen LogP contribution >= 0.6 is 0 Å². The summed E-state index contributed by atoms with van der Waals surface area (Å²) in [5, 5.41) is 10.7. The van der Waals surface area contributed by atoms with E-state index in [0.717, 1.165) is 16.0 Å². The standard InChI is InChI=1S/C19H18N4O5/c1-11-3-8-16(12(2)9-11)22-17(24)10-15(19(22)26)20-21-18(25)13-4-6-14(7-5-13)23(27)28/h3-9,15,20H,10H2,1-2H3,(H,21,25).